The quantitative estimate of drug-likeness (QED) is 0.135. The Morgan fingerprint density at radius 2 is 0.691 bits per heavy atom. The van der Waals surface area contributed by atoms with E-state index in [0.717, 1.165) is 34.2 Å². The highest BCUT2D eigenvalue weighted by Gasteiger charge is 2.24. The van der Waals surface area contributed by atoms with Crippen LogP contribution in [0.15, 0.2) is 231 Å². The van der Waals surface area contributed by atoms with E-state index in [1.54, 1.807) is 0 Å². The second-order valence-corrected chi connectivity index (χ2v) is 20.2. The molecule has 11 rings (SSSR count). The van der Waals surface area contributed by atoms with E-state index >= 15 is 0 Å². The standard InChI is InChI=1S/C66H56N2/c1-65(2,3)53-32-27-45(28-33-53)56-44-63(68-61(48-23-15-9-16-24-48)39-40-62(68)49-25-17-10-18-26-49)64(50-29-34-54(35-30-50)66(4,5)6)58-42-51-31-36-55(41-52(51)43-57(56)58)67-59(46-19-11-7-12-20-46)37-38-60(67)47-21-13-8-14-22-47/h7-44H,1-6H3. The van der Waals surface area contributed by atoms with E-state index in [-0.39, 0.29) is 10.8 Å². The maximum Gasteiger partial charge on any atom is 0.0553 e. The minimum atomic E-state index is 0.0161. The SMILES string of the molecule is CC(C)(C)c1ccc(-c2cc(-n3c(-c4ccccc4)ccc3-c3ccccc3)c(-c3ccc(C(C)(C)C)cc3)c3cc4ccc(-n5c(-c6ccccc6)ccc5-c5ccccc5)cc4cc23)cc1. The van der Waals surface area contributed by atoms with E-state index < -0.39 is 0 Å². The van der Waals surface area contributed by atoms with Crippen molar-refractivity contribution >= 4 is 21.5 Å². The van der Waals surface area contributed by atoms with Crippen LogP contribution in [0.5, 0.6) is 0 Å². The van der Waals surface area contributed by atoms with Crippen molar-refractivity contribution < 1.29 is 0 Å². The van der Waals surface area contributed by atoms with E-state index in [1.165, 1.54) is 77.2 Å². The molecular formula is C66H56N2. The summed E-state index contributed by atoms with van der Waals surface area (Å²) in [4.78, 5) is 0. The summed E-state index contributed by atoms with van der Waals surface area (Å²) in [5.41, 5.74) is 19.0. The van der Waals surface area contributed by atoms with E-state index in [0.29, 0.717) is 0 Å². The summed E-state index contributed by atoms with van der Waals surface area (Å²) in [7, 11) is 0. The molecule has 11 aromatic rings. The van der Waals surface area contributed by atoms with Crippen LogP contribution < -0.4 is 0 Å². The fourth-order valence-corrected chi connectivity index (χ4v) is 10.0. The zero-order chi connectivity index (χ0) is 46.6. The number of hydrogen-bond donors (Lipinski definition) is 0. The number of nitrogens with zero attached hydrogens (tertiary/aromatic N) is 2. The van der Waals surface area contributed by atoms with Crippen LogP contribution in [0.2, 0.25) is 0 Å². The van der Waals surface area contributed by atoms with Gasteiger partial charge in [-0.2, -0.15) is 0 Å². The Morgan fingerprint density at radius 1 is 0.294 bits per heavy atom. The highest BCUT2D eigenvalue weighted by Crippen LogP contribution is 2.46. The molecule has 2 heteroatoms. The number of aromatic nitrogens is 2. The van der Waals surface area contributed by atoms with Crippen molar-refractivity contribution in [3.05, 3.63) is 242 Å². The molecule has 0 saturated heterocycles. The van der Waals surface area contributed by atoms with Gasteiger partial charge in [0.05, 0.1) is 28.5 Å². The average molecular weight is 877 g/mol. The van der Waals surface area contributed by atoms with Gasteiger partial charge in [-0.1, -0.05) is 217 Å². The van der Waals surface area contributed by atoms with Gasteiger partial charge < -0.3 is 9.13 Å². The van der Waals surface area contributed by atoms with Crippen LogP contribution in [0.4, 0.5) is 0 Å². The van der Waals surface area contributed by atoms with Crippen molar-refractivity contribution in [1.82, 2.24) is 9.13 Å². The summed E-state index contributed by atoms with van der Waals surface area (Å²) >= 11 is 0. The highest BCUT2D eigenvalue weighted by atomic mass is 15.0. The molecule has 0 fully saturated rings. The van der Waals surface area contributed by atoms with E-state index in [2.05, 4.69) is 281 Å². The Hall–Kier alpha value is -7.94. The third-order valence-corrected chi connectivity index (χ3v) is 13.7. The van der Waals surface area contributed by atoms with Crippen molar-refractivity contribution in [2.24, 2.45) is 0 Å². The van der Waals surface area contributed by atoms with Crippen LogP contribution in [0.3, 0.4) is 0 Å². The Labute approximate surface area is 401 Å². The lowest BCUT2D eigenvalue weighted by atomic mass is 9.83. The van der Waals surface area contributed by atoms with Crippen molar-refractivity contribution in [2.45, 2.75) is 52.4 Å². The normalized spacial score (nSPS) is 12.0. The fourth-order valence-electron chi connectivity index (χ4n) is 10.0. The van der Waals surface area contributed by atoms with Gasteiger partial charge in [-0.05, 0) is 137 Å². The Kier molecular flexibility index (Phi) is 10.7. The topological polar surface area (TPSA) is 9.86 Å². The predicted octanol–water partition coefficient (Wildman–Crippen LogP) is 18.2. The Morgan fingerprint density at radius 3 is 1.12 bits per heavy atom. The number of rotatable bonds is 8. The van der Waals surface area contributed by atoms with Crippen LogP contribution in [0.25, 0.3) is 100 Å². The molecular weight excluding hydrogens is 821 g/mol. The predicted molar refractivity (Wildman–Crippen MR) is 290 cm³/mol. The summed E-state index contributed by atoms with van der Waals surface area (Å²) in [5, 5.41) is 4.80. The molecule has 0 spiro atoms. The van der Waals surface area contributed by atoms with Crippen molar-refractivity contribution in [1.29, 1.82) is 0 Å². The molecule has 2 nitrogen and oxygen atoms in total. The first-order valence-corrected chi connectivity index (χ1v) is 23.9. The lowest BCUT2D eigenvalue weighted by molar-refractivity contribution is 0.590. The molecule has 0 N–H and O–H groups in total. The second-order valence-electron chi connectivity index (χ2n) is 20.2. The minimum absolute atomic E-state index is 0.0161. The molecule has 0 aliphatic carbocycles. The molecule has 68 heavy (non-hydrogen) atoms. The molecule has 0 unspecified atom stereocenters. The van der Waals surface area contributed by atoms with E-state index in [1.807, 2.05) is 0 Å². The highest BCUT2D eigenvalue weighted by molar-refractivity contribution is 6.14. The third-order valence-electron chi connectivity index (χ3n) is 13.7. The lowest BCUT2D eigenvalue weighted by Gasteiger charge is -2.24. The van der Waals surface area contributed by atoms with Crippen LogP contribution in [0, 0.1) is 0 Å². The van der Waals surface area contributed by atoms with Gasteiger partial charge in [0.25, 0.3) is 0 Å². The van der Waals surface area contributed by atoms with Crippen LogP contribution in [-0.2, 0) is 10.8 Å². The lowest BCUT2D eigenvalue weighted by Crippen LogP contribution is -2.10. The molecule has 0 aliphatic heterocycles. The maximum atomic E-state index is 2.51. The number of fused-ring (bicyclic) bond motifs is 2. The summed E-state index contributed by atoms with van der Waals surface area (Å²) in [6.45, 7) is 13.7. The summed E-state index contributed by atoms with van der Waals surface area (Å²) in [5.74, 6) is 0. The molecule has 2 aromatic heterocycles. The van der Waals surface area contributed by atoms with Crippen LogP contribution in [-0.4, -0.2) is 9.13 Å². The first-order chi connectivity index (χ1) is 33.0. The van der Waals surface area contributed by atoms with Gasteiger partial charge >= 0.3 is 0 Å². The summed E-state index contributed by atoms with van der Waals surface area (Å²) < 4.78 is 4.94. The zero-order valence-corrected chi connectivity index (χ0v) is 39.8. The Balaban J connectivity index is 1.24. The van der Waals surface area contributed by atoms with Gasteiger partial charge in [-0.25, -0.2) is 0 Å². The van der Waals surface area contributed by atoms with E-state index in [4.69, 9.17) is 0 Å². The van der Waals surface area contributed by atoms with Crippen LogP contribution in [0.1, 0.15) is 52.7 Å². The van der Waals surface area contributed by atoms with Gasteiger partial charge in [0.1, 0.15) is 0 Å². The minimum Gasteiger partial charge on any atom is -0.309 e. The monoisotopic (exact) mass is 876 g/mol. The zero-order valence-electron chi connectivity index (χ0n) is 39.8. The summed E-state index contributed by atoms with van der Waals surface area (Å²) in [6.07, 6.45) is 0. The summed E-state index contributed by atoms with van der Waals surface area (Å²) in [6, 6.07) is 85.4. The van der Waals surface area contributed by atoms with Gasteiger partial charge in [0.15, 0.2) is 0 Å². The molecule has 330 valence electrons. The van der Waals surface area contributed by atoms with Crippen molar-refractivity contribution in [2.75, 3.05) is 0 Å². The first-order valence-electron chi connectivity index (χ1n) is 23.9. The Bertz CT molecular complexity index is 3450. The second kappa shape index (κ2) is 17.0. The molecule has 0 radical (unpaired) electrons. The molecule has 0 aliphatic rings. The fraction of sp³-hybridized carbons (Fsp3) is 0.121. The van der Waals surface area contributed by atoms with Crippen LogP contribution >= 0.6 is 0 Å². The first kappa shape index (κ1) is 42.7. The number of benzene rings is 9. The van der Waals surface area contributed by atoms with E-state index in [9.17, 15) is 0 Å². The third kappa shape index (κ3) is 7.86. The van der Waals surface area contributed by atoms with Crippen molar-refractivity contribution in [3.8, 4) is 78.7 Å². The molecule has 0 amide bonds. The van der Waals surface area contributed by atoms with Gasteiger partial charge in [0.2, 0.25) is 0 Å². The molecule has 0 bridgehead atoms. The van der Waals surface area contributed by atoms with Gasteiger partial charge in [0, 0.05) is 11.3 Å². The molecule has 0 atom stereocenters. The van der Waals surface area contributed by atoms with Gasteiger partial charge in [-0.3, -0.25) is 0 Å². The molecule has 0 saturated carbocycles. The maximum absolute atomic E-state index is 2.51. The smallest absolute Gasteiger partial charge is 0.0553 e. The average Bonchev–Trinajstić information content (AvgIpc) is 4.02. The largest absolute Gasteiger partial charge is 0.309 e. The molecule has 9 aromatic carbocycles. The van der Waals surface area contributed by atoms with Crippen molar-refractivity contribution in [3.63, 3.8) is 0 Å². The van der Waals surface area contributed by atoms with Gasteiger partial charge in [-0.15, -0.1) is 0 Å². The number of hydrogen-bond acceptors (Lipinski definition) is 0. The molecule has 2 heterocycles.